The van der Waals surface area contributed by atoms with Crippen LogP contribution in [0.1, 0.15) is 30.1 Å². The number of likely N-dealkylation sites (tertiary alicyclic amines) is 1. The number of aromatic nitrogens is 1. The summed E-state index contributed by atoms with van der Waals surface area (Å²) in [5, 5.41) is 9.88. The maximum Gasteiger partial charge on any atom is 0.306 e. The number of halogens is 1. The highest BCUT2D eigenvalue weighted by molar-refractivity contribution is 6.30. The third-order valence-corrected chi connectivity index (χ3v) is 4.93. The minimum Gasteiger partial charge on any atom is -0.496 e. The van der Waals surface area contributed by atoms with Crippen molar-refractivity contribution >= 4 is 17.6 Å². The van der Waals surface area contributed by atoms with Gasteiger partial charge in [0.1, 0.15) is 5.75 Å². The number of piperidine rings is 1. The van der Waals surface area contributed by atoms with Crippen LogP contribution >= 0.6 is 11.6 Å². The Balaban J connectivity index is 1.98. The molecule has 0 saturated carbocycles. The SMILES string of the molecule is COc1ccc(Cl)cc1C(c1ccccn1)N1CCC(C(=O)O)CC1. The lowest BCUT2D eigenvalue weighted by molar-refractivity contribution is -0.143. The van der Waals surface area contributed by atoms with Gasteiger partial charge in [-0.2, -0.15) is 0 Å². The standard InChI is InChI=1S/C19H21ClN2O3/c1-25-17-6-5-14(20)12-15(17)18(16-4-2-3-9-21-16)22-10-7-13(8-11-22)19(23)24/h2-6,9,12-13,18H,7-8,10-11H2,1H3,(H,23,24). The number of benzene rings is 1. The van der Waals surface area contributed by atoms with Gasteiger partial charge in [-0.25, -0.2) is 0 Å². The van der Waals surface area contributed by atoms with Crippen molar-refractivity contribution in [3.63, 3.8) is 0 Å². The Morgan fingerprint density at radius 2 is 2.08 bits per heavy atom. The molecule has 0 bridgehead atoms. The average molecular weight is 361 g/mol. The minimum atomic E-state index is -0.714. The molecule has 5 nitrogen and oxygen atoms in total. The summed E-state index contributed by atoms with van der Waals surface area (Å²) in [5.41, 5.74) is 1.85. The van der Waals surface area contributed by atoms with Gasteiger partial charge in [0.15, 0.2) is 0 Å². The number of carbonyl (C=O) groups is 1. The molecule has 1 aromatic carbocycles. The number of hydrogen-bond acceptors (Lipinski definition) is 4. The van der Waals surface area contributed by atoms with Crippen LogP contribution in [-0.2, 0) is 4.79 Å². The van der Waals surface area contributed by atoms with Crippen LogP contribution in [0.3, 0.4) is 0 Å². The molecule has 2 aromatic rings. The molecule has 0 amide bonds. The Hall–Kier alpha value is -2.11. The van der Waals surface area contributed by atoms with Crippen molar-refractivity contribution in [3.05, 3.63) is 58.9 Å². The van der Waals surface area contributed by atoms with Crippen LogP contribution in [0.4, 0.5) is 0 Å². The van der Waals surface area contributed by atoms with Gasteiger partial charge >= 0.3 is 5.97 Å². The lowest BCUT2D eigenvalue weighted by Crippen LogP contribution is -2.39. The molecular formula is C19H21ClN2O3. The van der Waals surface area contributed by atoms with E-state index in [1.54, 1.807) is 19.4 Å². The van der Waals surface area contributed by atoms with Crippen molar-refractivity contribution in [2.24, 2.45) is 5.92 Å². The molecule has 25 heavy (non-hydrogen) atoms. The van der Waals surface area contributed by atoms with E-state index in [-0.39, 0.29) is 12.0 Å². The molecule has 0 aliphatic carbocycles. The molecular weight excluding hydrogens is 340 g/mol. The molecule has 0 radical (unpaired) electrons. The molecule has 1 saturated heterocycles. The predicted octanol–water partition coefficient (Wildman–Crippen LogP) is 3.63. The second-order valence-electron chi connectivity index (χ2n) is 6.19. The van der Waals surface area contributed by atoms with Crippen molar-refractivity contribution in [2.75, 3.05) is 20.2 Å². The fourth-order valence-corrected chi connectivity index (χ4v) is 3.58. The van der Waals surface area contributed by atoms with Crippen LogP contribution in [0, 0.1) is 5.92 Å². The van der Waals surface area contributed by atoms with Crippen molar-refractivity contribution in [1.29, 1.82) is 0 Å². The molecule has 1 atom stereocenters. The van der Waals surface area contributed by atoms with Crippen LogP contribution in [-0.4, -0.2) is 41.2 Å². The number of pyridine rings is 1. The quantitative estimate of drug-likeness (QED) is 0.882. The molecule has 6 heteroatoms. The van der Waals surface area contributed by atoms with Gasteiger partial charge in [0.05, 0.1) is 24.8 Å². The van der Waals surface area contributed by atoms with Gasteiger partial charge in [0.2, 0.25) is 0 Å². The molecule has 2 heterocycles. The second kappa shape index (κ2) is 7.85. The van der Waals surface area contributed by atoms with E-state index >= 15 is 0 Å². The zero-order chi connectivity index (χ0) is 17.8. The van der Waals surface area contributed by atoms with Gasteiger partial charge in [-0.05, 0) is 56.3 Å². The first-order valence-corrected chi connectivity index (χ1v) is 8.69. The molecule has 1 aliphatic rings. The Bertz CT molecular complexity index is 731. The second-order valence-corrected chi connectivity index (χ2v) is 6.63. The number of carboxylic acid groups (broad SMARTS) is 1. The lowest BCUT2D eigenvalue weighted by atomic mass is 9.92. The van der Waals surface area contributed by atoms with Gasteiger partial charge in [-0.3, -0.25) is 14.7 Å². The predicted molar refractivity (Wildman–Crippen MR) is 96.0 cm³/mol. The van der Waals surface area contributed by atoms with Crippen molar-refractivity contribution in [3.8, 4) is 5.75 Å². The van der Waals surface area contributed by atoms with Gasteiger partial charge in [0.25, 0.3) is 0 Å². The molecule has 1 unspecified atom stereocenters. The molecule has 1 N–H and O–H groups in total. The van der Waals surface area contributed by atoms with E-state index in [0.717, 1.165) is 17.0 Å². The van der Waals surface area contributed by atoms with Crippen LogP contribution in [0.15, 0.2) is 42.6 Å². The van der Waals surface area contributed by atoms with E-state index < -0.39 is 5.97 Å². The highest BCUT2D eigenvalue weighted by Gasteiger charge is 2.32. The van der Waals surface area contributed by atoms with Crippen molar-refractivity contribution in [2.45, 2.75) is 18.9 Å². The summed E-state index contributed by atoms with van der Waals surface area (Å²) in [6, 6.07) is 11.3. The maximum absolute atomic E-state index is 11.2. The zero-order valence-corrected chi connectivity index (χ0v) is 14.8. The van der Waals surface area contributed by atoms with E-state index in [1.165, 1.54) is 0 Å². The van der Waals surface area contributed by atoms with E-state index in [0.29, 0.717) is 31.0 Å². The Morgan fingerprint density at radius 3 is 2.68 bits per heavy atom. The Morgan fingerprint density at radius 1 is 1.32 bits per heavy atom. The summed E-state index contributed by atoms with van der Waals surface area (Å²) in [4.78, 5) is 18.0. The van der Waals surface area contributed by atoms with Crippen LogP contribution in [0.5, 0.6) is 5.75 Å². The normalized spacial score (nSPS) is 17.2. The summed E-state index contributed by atoms with van der Waals surface area (Å²) in [7, 11) is 1.64. The van der Waals surface area contributed by atoms with Crippen molar-refractivity contribution in [1.82, 2.24) is 9.88 Å². The topological polar surface area (TPSA) is 62.7 Å². The first kappa shape index (κ1) is 17.7. The van der Waals surface area contributed by atoms with Gasteiger partial charge in [-0.1, -0.05) is 17.7 Å². The summed E-state index contributed by atoms with van der Waals surface area (Å²) in [5.74, 6) is -0.239. The molecule has 3 rings (SSSR count). The number of nitrogens with zero attached hydrogens (tertiary/aromatic N) is 2. The fourth-order valence-electron chi connectivity index (χ4n) is 3.40. The summed E-state index contributed by atoms with van der Waals surface area (Å²) < 4.78 is 5.55. The highest BCUT2D eigenvalue weighted by Crippen LogP contribution is 2.37. The molecule has 1 aliphatic heterocycles. The highest BCUT2D eigenvalue weighted by atomic mass is 35.5. The van der Waals surface area contributed by atoms with Crippen molar-refractivity contribution < 1.29 is 14.6 Å². The molecule has 0 spiro atoms. The number of ether oxygens (including phenoxy) is 1. The largest absolute Gasteiger partial charge is 0.496 e. The van der Waals surface area contributed by atoms with E-state index in [1.807, 2.05) is 30.3 Å². The molecule has 132 valence electrons. The Kier molecular flexibility index (Phi) is 5.56. The number of hydrogen-bond donors (Lipinski definition) is 1. The van der Waals surface area contributed by atoms with Crippen LogP contribution in [0.25, 0.3) is 0 Å². The first-order chi connectivity index (χ1) is 12.1. The number of methoxy groups -OCH3 is 1. The van der Waals surface area contributed by atoms with Gasteiger partial charge < -0.3 is 9.84 Å². The van der Waals surface area contributed by atoms with E-state index in [9.17, 15) is 9.90 Å². The van der Waals surface area contributed by atoms with Gasteiger partial charge in [0, 0.05) is 16.8 Å². The van der Waals surface area contributed by atoms with E-state index in [2.05, 4.69) is 9.88 Å². The third-order valence-electron chi connectivity index (χ3n) is 4.70. The molecule has 1 fully saturated rings. The first-order valence-electron chi connectivity index (χ1n) is 8.31. The monoisotopic (exact) mass is 360 g/mol. The molecule has 1 aromatic heterocycles. The van der Waals surface area contributed by atoms with E-state index in [4.69, 9.17) is 16.3 Å². The number of carboxylic acids is 1. The van der Waals surface area contributed by atoms with Crippen LogP contribution < -0.4 is 4.74 Å². The maximum atomic E-state index is 11.2. The summed E-state index contributed by atoms with van der Waals surface area (Å²) >= 11 is 6.24. The Labute approximate surface area is 152 Å². The zero-order valence-electron chi connectivity index (χ0n) is 14.1. The number of aliphatic carboxylic acids is 1. The average Bonchev–Trinajstić information content (AvgIpc) is 2.63. The third kappa shape index (κ3) is 3.94. The number of rotatable bonds is 5. The summed E-state index contributed by atoms with van der Waals surface area (Å²) in [6.45, 7) is 1.38. The smallest absolute Gasteiger partial charge is 0.306 e. The fraction of sp³-hybridized carbons (Fsp3) is 0.368. The van der Waals surface area contributed by atoms with Crippen LogP contribution in [0.2, 0.25) is 5.02 Å². The van der Waals surface area contributed by atoms with Gasteiger partial charge in [-0.15, -0.1) is 0 Å². The minimum absolute atomic E-state index is 0.121. The lowest BCUT2D eigenvalue weighted by Gasteiger charge is -2.37. The summed E-state index contributed by atoms with van der Waals surface area (Å²) in [6.07, 6.45) is 3.02.